The third-order valence-corrected chi connectivity index (χ3v) is 6.06. The zero-order valence-corrected chi connectivity index (χ0v) is 16.3. The molecule has 2 aromatic heterocycles. The van der Waals surface area contributed by atoms with E-state index in [2.05, 4.69) is 14.9 Å². The van der Waals surface area contributed by atoms with Gasteiger partial charge in [-0.05, 0) is 37.0 Å². The number of hydrogen-bond donors (Lipinski definition) is 0. The first-order chi connectivity index (χ1) is 13.5. The molecule has 3 heterocycles. The van der Waals surface area contributed by atoms with Crippen LogP contribution in [0.2, 0.25) is 0 Å². The molecule has 0 unspecified atom stereocenters. The molecule has 0 N–H and O–H groups in total. The summed E-state index contributed by atoms with van der Waals surface area (Å²) in [6.07, 6.45) is 2.26. The summed E-state index contributed by atoms with van der Waals surface area (Å²) in [7, 11) is 0. The first-order valence-corrected chi connectivity index (χ1v) is 9.73. The van der Waals surface area contributed by atoms with Gasteiger partial charge in [0, 0.05) is 25.2 Å². The fourth-order valence-electron chi connectivity index (χ4n) is 3.52. The van der Waals surface area contributed by atoms with Crippen molar-refractivity contribution in [1.29, 1.82) is 0 Å². The second-order valence-corrected chi connectivity index (χ2v) is 7.53. The molecule has 9 heteroatoms. The SMILES string of the molecule is CCOC(=O)c1sc2ncnc(N3CCc4ccc([N+](=O)[O-])cc4C3)c2c1C. The third kappa shape index (κ3) is 3.07. The molecule has 1 aromatic carbocycles. The van der Waals surface area contributed by atoms with Gasteiger partial charge in [0.25, 0.3) is 5.69 Å². The number of benzene rings is 1. The van der Waals surface area contributed by atoms with Gasteiger partial charge >= 0.3 is 5.97 Å². The Morgan fingerprint density at radius 1 is 1.36 bits per heavy atom. The fraction of sp³-hybridized carbons (Fsp3) is 0.316. The average Bonchev–Trinajstić information content (AvgIpc) is 3.04. The molecule has 0 radical (unpaired) electrons. The molecule has 144 valence electrons. The Kier molecular flexibility index (Phi) is 4.68. The molecule has 0 saturated heterocycles. The largest absolute Gasteiger partial charge is 0.462 e. The summed E-state index contributed by atoms with van der Waals surface area (Å²) in [6.45, 7) is 5.22. The Morgan fingerprint density at radius 2 is 2.18 bits per heavy atom. The van der Waals surface area contributed by atoms with Crippen molar-refractivity contribution in [2.75, 3.05) is 18.1 Å². The lowest BCUT2D eigenvalue weighted by Crippen LogP contribution is -2.31. The van der Waals surface area contributed by atoms with Gasteiger partial charge in [0.15, 0.2) is 0 Å². The maximum atomic E-state index is 12.3. The quantitative estimate of drug-likeness (QED) is 0.376. The third-order valence-electron chi connectivity index (χ3n) is 4.88. The predicted molar refractivity (Wildman–Crippen MR) is 106 cm³/mol. The molecule has 0 bridgehead atoms. The smallest absolute Gasteiger partial charge is 0.348 e. The molecule has 0 fully saturated rings. The van der Waals surface area contributed by atoms with Crippen molar-refractivity contribution in [3.63, 3.8) is 0 Å². The maximum Gasteiger partial charge on any atom is 0.348 e. The van der Waals surface area contributed by atoms with Crippen LogP contribution >= 0.6 is 11.3 Å². The highest BCUT2D eigenvalue weighted by Gasteiger charge is 2.25. The van der Waals surface area contributed by atoms with E-state index in [0.717, 1.165) is 45.7 Å². The molecule has 1 aliphatic heterocycles. The average molecular weight is 398 g/mol. The van der Waals surface area contributed by atoms with Crippen LogP contribution in [0.25, 0.3) is 10.2 Å². The van der Waals surface area contributed by atoms with Crippen LogP contribution in [0.5, 0.6) is 0 Å². The Labute approximate surface area is 164 Å². The van der Waals surface area contributed by atoms with Gasteiger partial charge < -0.3 is 9.64 Å². The number of carbonyl (C=O) groups excluding carboxylic acids is 1. The maximum absolute atomic E-state index is 12.3. The molecule has 3 aromatic rings. The second kappa shape index (κ2) is 7.16. The highest BCUT2D eigenvalue weighted by atomic mass is 32.1. The molecule has 0 aliphatic carbocycles. The van der Waals surface area contributed by atoms with Crippen LogP contribution in [0, 0.1) is 17.0 Å². The van der Waals surface area contributed by atoms with Crippen LogP contribution in [-0.2, 0) is 17.7 Å². The van der Waals surface area contributed by atoms with Crippen molar-refractivity contribution in [3.05, 3.63) is 56.2 Å². The van der Waals surface area contributed by atoms with Crippen LogP contribution in [0.15, 0.2) is 24.5 Å². The minimum absolute atomic E-state index is 0.0877. The number of rotatable bonds is 4. The summed E-state index contributed by atoms with van der Waals surface area (Å²) in [5.41, 5.74) is 2.93. The lowest BCUT2D eigenvalue weighted by Gasteiger charge is -2.30. The van der Waals surface area contributed by atoms with E-state index in [9.17, 15) is 14.9 Å². The van der Waals surface area contributed by atoms with E-state index in [1.165, 1.54) is 17.7 Å². The zero-order chi connectivity index (χ0) is 19.8. The first kappa shape index (κ1) is 18.3. The monoisotopic (exact) mass is 398 g/mol. The number of fused-ring (bicyclic) bond motifs is 2. The Bertz CT molecular complexity index is 1090. The molecule has 0 atom stereocenters. The van der Waals surface area contributed by atoms with Crippen LogP contribution in [-0.4, -0.2) is 34.0 Å². The molecule has 28 heavy (non-hydrogen) atoms. The van der Waals surface area contributed by atoms with Crippen LogP contribution in [0.3, 0.4) is 0 Å². The summed E-state index contributed by atoms with van der Waals surface area (Å²) < 4.78 is 5.15. The summed E-state index contributed by atoms with van der Waals surface area (Å²) in [5, 5.41) is 11.9. The molecule has 1 aliphatic rings. The standard InChI is InChI=1S/C19H18N4O4S/c1-3-27-19(24)16-11(2)15-17(20-10-21-18(15)28-16)22-7-6-12-4-5-14(23(25)26)8-13(12)9-22/h4-5,8,10H,3,6-7,9H2,1-2H3. The van der Waals surface area contributed by atoms with Gasteiger partial charge in [-0.15, -0.1) is 11.3 Å². The number of aromatic nitrogens is 2. The van der Waals surface area contributed by atoms with E-state index in [1.807, 2.05) is 13.0 Å². The summed E-state index contributed by atoms with van der Waals surface area (Å²) >= 11 is 1.30. The number of hydrogen-bond acceptors (Lipinski definition) is 8. The fourth-order valence-corrected chi connectivity index (χ4v) is 4.56. The van der Waals surface area contributed by atoms with Gasteiger partial charge in [-0.3, -0.25) is 10.1 Å². The summed E-state index contributed by atoms with van der Waals surface area (Å²) in [4.78, 5) is 35.1. The van der Waals surface area contributed by atoms with Crippen molar-refractivity contribution >= 4 is 39.0 Å². The molecule has 4 rings (SSSR count). The molecular weight excluding hydrogens is 380 g/mol. The Morgan fingerprint density at radius 3 is 2.93 bits per heavy atom. The van der Waals surface area contributed by atoms with Crippen molar-refractivity contribution in [2.24, 2.45) is 0 Å². The number of ether oxygens (including phenoxy) is 1. The van der Waals surface area contributed by atoms with E-state index in [-0.39, 0.29) is 16.6 Å². The predicted octanol–water partition coefficient (Wildman–Crippen LogP) is 3.65. The van der Waals surface area contributed by atoms with Gasteiger partial charge in [0.2, 0.25) is 0 Å². The number of aryl methyl sites for hydroxylation is 1. The number of non-ortho nitro benzene ring substituents is 1. The van der Waals surface area contributed by atoms with E-state index in [1.54, 1.807) is 19.1 Å². The van der Waals surface area contributed by atoms with Gasteiger partial charge in [-0.25, -0.2) is 14.8 Å². The van der Waals surface area contributed by atoms with Crippen molar-refractivity contribution in [2.45, 2.75) is 26.8 Å². The highest BCUT2D eigenvalue weighted by molar-refractivity contribution is 7.20. The number of thiophene rings is 1. The zero-order valence-electron chi connectivity index (χ0n) is 15.5. The highest BCUT2D eigenvalue weighted by Crippen LogP contribution is 2.37. The van der Waals surface area contributed by atoms with Crippen LogP contribution in [0.1, 0.15) is 33.3 Å². The topological polar surface area (TPSA) is 98.5 Å². The van der Waals surface area contributed by atoms with E-state index >= 15 is 0 Å². The number of carbonyl (C=O) groups is 1. The molecular formula is C19H18N4O4S. The van der Waals surface area contributed by atoms with Crippen molar-refractivity contribution in [3.8, 4) is 0 Å². The molecule has 0 spiro atoms. The van der Waals surface area contributed by atoms with Gasteiger partial charge in [-0.1, -0.05) is 6.07 Å². The lowest BCUT2D eigenvalue weighted by atomic mass is 9.99. The molecule has 0 saturated carbocycles. The molecule has 0 amide bonds. The van der Waals surface area contributed by atoms with Gasteiger partial charge in [-0.2, -0.15) is 0 Å². The molecule has 8 nitrogen and oxygen atoms in total. The van der Waals surface area contributed by atoms with E-state index in [4.69, 9.17) is 4.74 Å². The number of nitrogens with zero attached hydrogens (tertiary/aromatic N) is 4. The summed E-state index contributed by atoms with van der Waals surface area (Å²) in [6, 6.07) is 5.01. The van der Waals surface area contributed by atoms with Crippen molar-refractivity contribution < 1.29 is 14.5 Å². The van der Waals surface area contributed by atoms with Crippen molar-refractivity contribution in [1.82, 2.24) is 9.97 Å². The number of anilines is 1. The normalized spacial score (nSPS) is 13.4. The summed E-state index contributed by atoms with van der Waals surface area (Å²) in [5.74, 6) is 0.389. The number of nitro groups is 1. The van der Waals surface area contributed by atoms with Crippen LogP contribution < -0.4 is 4.90 Å². The van der Waals surface area contributed by atoms with Crippen LogP contribution in [0.4, 0.5) is 11.5 Å². The van der Waals surface area contributed by atoms with Gasteiger partial charge in [0.05, 0.1) is 16.9 Å². The first-order valence-electron chi connectivity index (χ1n) is 8.92. The minimum Gasteiger partial charge on any atom is -0.462 e. The Balaban J connectivity index is 1.75. The number of nitro benzene ring substituents is 1. The lowest BCUT2D eigenvalue weighted by molar-refractivity contribution is -0.384. The van der Waals surface area contributed by atoms with Gasteiger partial charge in [0.1, 0.15) is 21.9 Å². The second-order valence-electron chi connectivity index (χ2n) is 6.54. The van der Waals surface area contributed by atoms with E-state index in [0.29, 0.717) is 18.0 Å². The Hall–Kier alpha value is -3.07. The minimum atomic E-state index is -0.378. The van der Waals surface area contributed by atoms with E-state index < -0.39 is 0 Å². The number of esters is 1.